The van der Waals surface area contributed by atoms with Crippen LogP contribution in [0.3, 0.4) is 0 Å². The predicted octanol–water partition coefficient (Wildman–Crippen LogP) is 29.9. The van der Waals surface area contributed by atoms with E-state index in [1.807, 2.05) is 0 Å². The Morgan fingerprint density at radius 2 is 0.291 bits per heavy atom. The fourth-order valence-corrected chi connectivity index (χ4v) is 13.4. The first-order valence-electron chi connectivity index (χ1n) is 40.1. The van der Waals surface area contributed by atoms with E-state index in [4.69, 9.17) is 0 Å². The van der Waals surface area contributed by atoms with E-state index in [0.717, 1.165) is 51.4 Å². The van der Waals surface area contributed by atoms with Crippen molar-refractivity contribution in [3.8, 4) is 0 Å². The second-order valence-corrected chi connectivity index (χ2v) is 28.1. The van der Waals surface area contributed by atoms with Crippen LogP contribution in [0.4, 0.5) is 0 Å². The van der Waals surface area contributed by atoms with Crippen LogP contribution in [-0.4, -0.2) is 22.2 Å². The van der Waals surface area contributed by atoms with Gasteiger partial charge in [-0.2, -0.15) is 0 Å². The molecule has 512 valence electrons. The molecule has 0 radical (unpaired) electrons. The van der Waals surface area contributed by atoms with E-state index in [1.54, 1.807) is 0 Å². The summed E-state index contributed by atoms with van der Waals surface area (Å²) in [5, 5.41) is 19.1. The Hall–Kier alpha value is -1.58. The Kier molecular flexibility index (Phi) is 76.3. The molecule has 0 saturated carbocycles. The first kappa shape index (κ1) is 86.5. The van der Waals surface area contributed by atoms with E-state index in [2.05, 4.69) is 40.9 Å². The van der Waals surface area contributed by atoms with Crippen LogP contribution in [0.5, 0.6) is 0 Å². The van der Waals surface area contributed by atoms with Gasteiger partial charge in [0.05, 0.1) is 0 Å². The van der Waals surface area contributed by atoms with Crippen LogP contribution in [0.25, 0.3) is 0 Å². The molecule has 0 bridgehead atoms. The minimum Gasteiger partial charge on any atom is -0.478 e. The van der Waals surface area contributed by atoms with Gasteiger partial charge in [0, 0.05) is 11.1 Å². The molecule has 0 aromatic rings. The monoisotopic (exact) mass is 1210 g/mol. The largest absolute Gasteiger partial charge is 0.478 e. The van der Waals surface area contributed by atoms with E-state index in [-0.39, 0.29) is 11.8 Å². The summed E-state index contributed by atoms with van der Waals surface area (Å²) in [5.74, 6) is -1.21. The van der Waals surface area contributed by atoms with E-state index in [1.165, 1.54) is 398 Å². The van der Waals surface area contributed by atoms with E-state index >= 15 is 0 Å². The molecule has 2 atom stereocenters. The molecule has 0 aliphatic heterocycles. The average Bonchev–Trinajstić information content (AvgIpc) is 3.55. The highest BCUT2D eigenvalue weighted by atomic mass is 16.4. The second kappa shape index (κ2) is 75.9. The highest BCUT2D eigenvalue weighted by Crippen LogP contribution is 2.28. The lowest BCUT2D eigenvalue weighted by Crippen LogP contribution is -2.12. The highest BCUT2D eigenvalue weighted by molar-refractivity contribution is 5.86. The lowest BCUT2D eigenvalue weighted by Gasteiger charge is -2.17. The average molecular weight is 1210 g/mol. The quantitative estimate of drug-likeness (QED) is 0.0470. The topological polar surface area (TPSA) is 74.6 Å². The van der Waals surface area contributed by atoms with Gasteiger partial charge < -0.3 is 10.2 Å². The predicted molar refractivity (Wildman–Crippen MR) is 386 cm³/mol. The molecule has 0 aliphatic rings. The number of hydrogen-bond acceptors (Lipinski definition) is 2. The van der Waals surface area contributed by atoms with E-state index in [0.29, 0.717) is 11.1 Å². The maximum absolute atomic E-state index is 11.6. The Morgan fingerprint density at radius 1 is 0.198 bits per heavy atom. The number of aliphatic carboxylic acids is 2. The molecular weight excluding hydrogens is 1050 g/mol. The summed E-state index contributed by atoms with van der Waals surface area (Å²) in [6.45, 7) is 17.0. The molecule has 4 nitrogen and oxygen atoms in total. The van der Waals surface area contributed by atoms with Crippen LogP contribution in [0, 0.1) is 11.8 Å². The van der Waals surface area contributed by atoms with Crippen molar-refractivity contribution in [3.63, 3.8) is 0 Å². The molecule has 0 amide bonds. The van der Waals surface area contributed by atoms with Crippen LogP contribution in [-0.2, 0) is 9.59 Å². The summed E-state index contributed by atoms with van der Waals surface area (Å²) in [6.07, 6.45) is 95.3. The molecule has 0 aromatic heterocycles. The van der Waals surface area contributed by atoms with Crippen molar-refractivity contribution in [3.05, 3.63) is 24.3 Å². The number of carboxylic acids is 2. The highest BCUT2D eigenvalue weighted by Gasteiger charge is 2.19. The number of unbranched alkanes of at least 4 members (excludes halogenated alkanes) is 62. The lowest BCUT2D eigenvalue weighted by molar-refractivity contribution is -0.134. The van der Waals surface area contributed by atoms with Crippen molar-refractivity contribution in [2.75, 3.05) is 0 Å². The van der Waals surface area contributed by atoms with E-state index < -0.39 is 11.9 Å². The van der Waals surface area contributed by atoms with Gasteiger partial charge in [0.15, 0.2) is 0 Å². The minimum absolute atomic E-state index is 0.181. The van der Waals surface area contributed by atoms with Crippen molar-refractivity contribution in [1.82, 2.24) is 0 Å². The fraction of sp³-hybridized carbons (Fsp3) is 0.927. The van der Waals surface area contributed by atoms with Crippen LogP contribution in [0.2, 0.25) is 0 Å². The SMILES string of the molecule is C=C(C(=O)O)C(CCCCCCCCCCCCCCCC)CCCCCCCCCCCCCCCCCCCC.C=C(C(=O)O)C(CCCCCCCCCCCCCCCCCC)CCCCCCCCCCCCCCCCCCCC. The lowest BCUT2D eigenvalue weighted by atomic mass is 9.88. The van der Waals surface area contributed by atoms with Gasteiger partial charge in [-0.15, -0.1) is 0 Å². The summed E-state index contributed by atoms with van der Waals surface area (Å²) >= 11 is 0. The molecule has 0 rings (SSSR count). The minimum atomic E-state index is -0.784. The molecule has 2 N–H and O–H groups in total. The molecule has 4 heteroatoms. The van der Waals surface area contributed by atoms with Gasteiger partial charge in [-0.05, 0) is 37.5 Å². The van der Waals surface area contributed by atoms with Gasteiger partial charge in [-0.3, -0.25) is 0 Å². The zero-order chi connectivity index (χ0) is 63.0. The normalized spacial score (nSPS) is 12.1. The standard InChI is InChI=1S/C42H82O2.C40H78O2/c1-4-6-8-10-12-14-16-18-20-22-23-25-27-29-31-33-35-37-39-41(40(3)42(43)44)38-36-34-32-30-28-26-24-21-19-17-15-13-11-9-7-5-2;1-4-6-8-10-12-14-16-18-20-21-22-23-25-27-29-31-33-35-37-39(38(3)40(41)42)36-34-32-30-28-26-24-19-17-15-13-11-9-7-5-2/h41H,3-39H2,1-2H3,(H,43,44);39H,3-37H2,1-2H3,(H,41,42). The smallest absolute Gasteiger partial charge is 0.331 e. The molecule has 2 unspecified atom stereocenters. The third-order valence-electron chi connectivity index (χ3n) is 19.7. The van der Waals surface area contributed by atoms with Crippen molar-refractivity contribution in [1.29, 1.82) is 0 Å². The van der Waals surface area contributed by atoms with E-state index in [9.17, 15) is 19.8 Å². The number of rotatable bonds is 74. The third-order valence-corrected chi connectivity index (χ3v) is 19.7. The first-order chi connectivity index (χ1) is 42.3. The molecular formula is C82H160O4. The fourth-order valence-electron chi connectivity index (χ4n) is 13.4. The Morgan fingerprint density at radius 3 is 0.384 bits per heavy atom. The van der Waals surface area contributed by atoms with Crippen LogP contribution < -0.4 is 0 Å². The molecule has 0 saturated heterocycles. The van der Waals surface area contributed by atoms with Crippen LogP contribution in [0.15, 0.2) is 24.3 Å². The molecule has 0 aliphatic carbocycles. The number of carboxylic acid groups (broad SMARTS) is 2. The molecule has 0 heterocycles. The zero-order valence-electron chi connectivity index (χ0n) is 59.8. The maximum Gasteiger partial charge on any atom is 0.331 e. The Balaban J connectivity index is 0. The van der Waals surface area contributed by atoms with Gasteiger partial charge in [-0.25, -0.2) is 9.59 Å². The summed E-state index contributed by atoms with van der Waals surface area (Å²) in [4.78, 5) is 23.2. The summed E-state index contributed by atoms with van der Waals surface area (Å²) in [5.41, 5.74) is 0.912. The van der Waals surface area contributed by atoms with Gasteiger partial charge in [0.25, 0.3) is 0 Å². The zero-order valence-corrected chi connectivity index (χ0v) is 59.8. The molecule has 0 aromatic carbocycles. The Labute approximate surface area is 542 Å². The number of hydrogen-bond donors (Lipinski definition) is 2. The van der Waals surface area contributed by atoms with Crippen LogP contribution >= 0.6 is 0 Å². The first-order valence-corrected chi connectivity index (χ1v) is 40.1. The molecule has 0 spiro atoms. The van der Waals surface area contributed by atoms with Gasteiger partial charge in [-0.1, -0.05) is 465 Å². The van der Waals surface area contributed by atoms with Gasteiger partial charge in [0.2, 0.25) is 0 Å². The Bertz CT molecular complexity index is 1340. The van der Waals surface area contributed by atoms with Crippen molar-refractivity contribution in [2.24, 2.45) is 11.8 Å². The summed E-state index contributed by atoms with van der Waals surface area (Å²) in [7, 11) is 0. The molecule has 0 fully saturated rings. The van der Waals surface area contributed by atoms with Gasteiger partial charge >= 0.3 is 11.9 Å². The van der Waals surface area contributed by atoms with Crippen molar-refractivity contribution < 1.29 is 19.8 Å². The van der Waals surface area contributed by atoms with Crippen molar-refractivity contribution in [2.45, 2.75) is 477 Å². The second-order valence-electron chi connectivity index (χ2n) is 28.1. The third kappa shape index (κ3) is 69.9. The molecule has 86 heavy (non-hydrogen) atoms. The summed E-state index contributed by atoms with van der Waals surface area (Å²) in [6, 6.07) is 0. The van der Waals surface area contributed by atoms with Crippen molar-refractivity contribution >= 4 is 11.9 Å². The summed E-state index contributed by atoms with van der Waals surface area (Å²) < 4.78 is 0. The maximum atomic E-state index is 11.6. The number of carbonyl (C=O) groups is 2. The van der Waals surface area contributed by atoms with Crippen LogP contribution in [0.1, 0.15) is 477 Å². The van der Waals surface area contributed by atoms with Gasteiger partial charge in [0.1, 0.15) is 0 Å².